The Bertz CT molecular complexity index is 667. The van der Waals surface area contributed by atoms with Gasteiger partial charge in [-0.05, 0) is 54.3 Å². The zero-order chi connectivity index (χ0) is 13.9. The third kappa shape index (κ3) is 2.63. The molecule has 0 atom stereocenters. The van der Waals surface area contributed by atoms with E-state index in [0.29, 0.717) is 11.6 Å². The average Bonchev–Trinajstić information content (AvgIpc) is 2.87. The minimum absolute atomic E-state index is 0.486. The summed E-state index contributed by atoms with van der Waals surface area (Å²) >= 11 is 5.94. The van der Waals surface area contributed by atoms with Gasteiger partial charge < -0.3 is 9.94 Å². The number of hydrogen-bond acceptors (Lipinski definition) is 3. The molecule has 0 aliphatic heterocycles. The summed E-state index contributed by atoms with van der Waals surface area (Å²) in [6, 6.07) is 13.5. The number of fused-ring (bicyclic) bond motifs is 1. The third-order valence-electron chi connectivity index (χ3n) is 3.43. The Morgan fingerprint density at radius 3 is 2.85 bits per heavy atom. The molecule has 3 rings (SSSR count). The lowest BCUT2D eigenvalue weighted by Crippen LogP contribution is -1.97. The Labute approximate surface area is 122 Å². The number of ether oxygens (including phenoxy) is 1. The molecule has 1 aliphatic carbocycles. The van der Waals surface area contributed by atoms with Gasteiger partial charge in [-0.3, -0.25) is 0 Å². The highest BCUT2D eigenvalue weighted by atomic mass is 35.5. The summed E-state index contributed by atoms with van der Waals surface area (Å²) in [5, 5.41) is 12.9. The van der Waals surface area contributed by atoms with Gasteiger partial charge in [0.2, 0.25) is 0 Å². The summed E-state index contributed by atoms with van der Waals surface area (Å²) in [6.45, 7) is 0.486. The first-order chi connectivity index (χ1) is 9.76. The largest absolute Gasteiger partial charge is 0.489 e. The average molecular weight is 288 g/mol. The van der Waals surface area contributed by atoms with Crippen molar-refractivity contribution in [2.45, 2.75) is 19.4 Å². The van der Waals surface area contributed by atoms with Crippen molar-refractivity contribution >= 4 is 17.3 Å². The molecule has 2 aromatic carbocycles. The Morgan fingerprint density at radius 2 is 2.05 bits per heavy atom. The van der Waals surface area contributed by atoms with Crippen molar-refractivity contribution in [1.29, 1.82) is 0 Å². The molecule has 0 unspecified atom stereocenters. The summed E-state index contributed by atoms with van der Waals surface area (Å²) < 4.78 is 5.78. The van der Waals surface area contributed by atoms with Crippen LogP contribution in [0.5, 0.6) is 5.75 Å². The molecule has 0 saturated carbocycles. The normalized spacial score (nSPS) is 15.3. The van der Waals surface area contributed by atoms with Crippen LogP contribution in [0.25, 0.3) is 0 Å². The van der Waals surface area contributed by atoms with Crippen LogP contribution in [-0.4, -0.2) is 10.9 Å². The van der Waals surface area contributed by atoms with Gasteiger partial charge in [-0.15, -0.1) is 0 Å². The Balaban J connectivity index is 1.73. The molecule has 20 heavy (non-hydrogen) atoms. The standard InChI is InChI=1S/C16H14ClNO2/c17-13-3-1-2-11(8-13)10-20-14-5-6-15-12(9-14)4-7-16(15)18-19/h1-3,5-6,8-9,19H,4,7,10H2/b18-16-. The zero-order valence-corrected chi connectivity index (χ0v) is 11.6. The predicted octanol–water partition coefficient (Wildman–Crippen LogP) is 4.04. The lowest BCUT2D eigenvalue weighted by Gasteiger charge is -2.08. The van der Waals surface area contributed by atoms with Gasteiger partial charge in [0.1, 0.15) is 12.4 Å². The minimum atomic E-state index is 0.486. The van der Waals surface area contributed by atoms with Gasteiger partial charge in [0.05, 0.1) is 5.71 Å². The van der Waals surface area contributed by atoms with Crippen LogP contribution >= 0.6 is 11.6 Å². The summed E-state index contributed by atoms with van der Waals surface area (Å²) in [5.41, 5.74) is 3.97. The number of hydrogen-bond donors (Lipinski definition) is 1. The molecule has 1 N–H and O–H groups in total. The summed E-state index contributed by atoms with van der Waals surface area (Å²) in [4.78, 5) is 0. The minimum Gasteiger partial charge on any atom is -0.489 e. The van der Waals surface area contributed by atoms with Crippen molar-refractivity contribution in [1.82, 2.24) is 0 Å². The van der Waals surface area contributed by atoms with Gasteiger partial charge in [-0.25, -0.2) is 0 Å². The number of aryl methyl sites for hydroxylation is 1. The molecular weight excluding hydrogens is 274 g/mol. The maximum absolute atomic E-state index is 8.90. The smallest absolute Gasteiger partial charge is 0.120 e. The fourth-order valence-electron chi connectivity index (χ4n) is 2.43. The van der Waals surface area contributed by atoms with Crippen LogP contribution in [0.2, 0.25) is 5.02 Å². The van der Waals surface area contributed by atoms with Crippen molar-refractivity contribution in [2.24, 2.45) is 5.16 Å². The molecule has 0 bridgehead atoms. The maximum atomic E-state index is 8.90. The van der Waals surface area contributed by atoms with E-state index in [0.717, 1.165) is 35.4 Å². The molecule has 0 spiro atoms. The molecule has 0 radical (unpaired) electrons. The highest BCUT2D eigenvalue weighted by Crippen LogP contribution is 2.27. The van der Waals surface area contributed by atoms with E-state index in [2.05, 4.69) is 5.16 Å². The van der Waals surface area contributed by atoms with Gasteiger partial charge in [0.25, 0.3) is 0 Å². The molecule has 0 saturated heterocycles. The second kappa shape index (κ2) is 5.55. The predicted molar refractivity (Wildman–Crippen MR) is 78.9 cm³/mol. The first-order valence-corrected chi connectivity index (χ1v) is 6.85. The molecule has 0 aromatic heterocycles. The molecular formula is C16H14ClNO2. The fraction of sp³-hybridized carbons (Fsp3) is 0.188. The molecule has 0 heterocycles. The third-order valence-corrected chi connectivity index (χ3v) is 3.67. The van der Waals surface area contributed by atoms with Crippen molar-refractivity contribution in [3.63, 3.8) is 0 Å². The van der Waals surface area contributed by atoms with Crippen LogP contribution in [0.1, 0.15) is 23.1 Å². The van der Waals surface area contributed by atoms with E-state index in [1.54, 1.807) is 0 Å². The summed E-state index contributed by atoms with van der Waals surface area (Å²) in [5.74, 6) is 0.822. The molecule has 0 amide bonds. The molecule has 102 valence electrons. The monoisotopic (exact) mass is 287 g/mol. The van der Waals surface area contributed by atoms with Crippen LogP contribution in [0.3, 0.4) is 0 Å². The second-order valence-corrected chi connectivity index (χ2v) is 5.22. The lowest BCUT2D eigenvalue weighted by molar-refractivity contribution is 0.306. The van der Waals surface area contributed by atoms with Crippen LogP contribution in [0, 0.1) is 0 Å². The van der Waals surface area contributed by atoms with Crippen LogP contribution in [-0.2, 0) is 13.0 Å². The Morgan fingerprint density at radius 1 is 1.15 bits per heavy atom. The van der Waals surface area contributed by atoms with Crippen molar-refractivity contribution in [3.05, 3.63) is 64.2 Å². The van der Waals surface area contributed by atoms with Crippen molar-refractivity contribution in [2.75, 3.05) is 0 Å². The first kappa shape index (κ1) is 13.0. The van der Waals surface area contributed by atoms with Crippen molar-refractivity contribution < 1.29 is 9.94 Å². The summed E-state index contributed by atoms with van der Waals surface area (Å²) in [7, 11) is 0. The van der Waals surface area contributed by atoms with E-state index in [1.165, 1.54) is 5.56 Å². The quantitative estimate of drug-likeness (QED) is 0.684. The van der Waals surface area contributed by atoms with E-state index >= 15 is 0 Å². The van der Waals surface area contributed by atoms with Gasteiger partial charge in [-0.2, -0.15) is 0 Å². The Hall–Kier alpha value is -2.00. The van der Waals surface area contributed by atoms with E-state index in [4.69, 9.17) is 21.5 Å². The van der Waals surface area contributed by atoms with Gasteiger partial charge >= 0.3 is 0 Å². The second-order valence-electron chi connectivity index (χ2n) is 4.78. The van der Waals surface area contributed by atoms with E-state index < -0.39 is 0 Å². The van der Waals surface area contributed by atoms with E-state index in [1.807, 2.05) is 42.5 Å². The molecule has 4 heteroatoms. The highest BCUT2D eigenvalue weighted by Gasteiger charge is 2.18. The topological polar surface area (TPSA) is 41.8 Å². The van der Waals surface area contributed by atoms with Crippen molar-refractivity contribution in [3.8, 4) is 5.75 Å². The van der Waals surface area contributed by atoms with Crippen LogP contribution in [0.4, 0.5) is 0 Å². The lowest BCUT2D eigenvalue weighted by atomic mass is 10.1. The first-order valence-electron chi connectivity index (χ1n) is 6.48. The Kier molecular flexibility index (Phi) is 3.61. The molecule has 3 nitrogen and oxygen atoms in total. The maximum Gasteiger partial charge on any atom is 0.120 e. The zero-order valence-electron chi connectivity index (χ0n) is 10.8. The highest BCUT2D eigenvalue weighted by molar-refractivity contribution is 6.30. The van der Waals surface area contributed by atoms with Crippen LogP contribution < -0.4 is 4.74 Å². The van der Waals surface area contributed by atoms with Gasteiger partial charge in [0, 0.05) is 10.6 Å². The molecule has 0 fully saturated rings. The SMILES string of the molecule is O/N=C1/CCc2cc(OCc3cccc(Cl)c3)ccc21. The molecule has 1 aliphatic rings. The number of oxime groups is 1. The van der Waals surface area contributed by atoms with Gasteiger partial charge in [0.15, 0.2) is 0 Å². The van der Waals surface area contributed by atoms with E-state index in [-0.39, 0.29) is 0 Å². The number of halogens is 1. The van der Waals surface area contributed by atoms with Gasteiger partial charge in [-0.1, -0.05) is 28.9 Å². The fourth-order valence-corrected chi connectivity index (χ4v) is 2.65. The molecule has 2 aromatic rings. The van der Waals surface area contributed by atoms with E-state index in [9.17, 15) is 0 Å². The van der Waals surface area contributed by atoms with Crippen LogP contribution in [0.15, 0.2) is 47.6 Å². The summed E-state index contributed by atoms with van der Waals surface area (Å²) in [6.07, 6.45) is 1.67. The number of rotatable bonds is 3. The number of nitrogens with zero attached hydrogens (tertiary/aromatic N) is 1. The number of benzene rings is 2.